The lowest BCUT2D eigenvalue weighted by molar-refractivity contribution is -0.386. The molecule has 3 nitrogen and oxygen atoms in total. The van der Waals surface area contributed by atoms with Crippen molar-refractivity contribution in [1.29, 1.82) is 0 Å². The van der Waals surface area contributed by atoms with Crippen molar-refractivity contribution in [2.45, 2.75) is 6.18 Å². The lowest BCUT2D eigenvalue weighted by Gasteiger charge is -2.09. The Bertz CT molecular complexity index is 419. The minimum Gasteiger partial charge on any atom is -0.258 e. The topological polar surface area (TPSA) is 43.1 Å². The first-order chi connectivity index (χ1) is 6.73. The fourth-order valence-corrected chi connectivity index (χ4v) is 2.93. The summed E-state index contributed by atoms with van der Waals surface area (Å²) in [5.74, 6) is 0. The van der Waals surface area contributed by atoms with Crippen molar-refractivity contribution in [3.05, 3.63) is 35.0 Å². The summed E-state index contributed by atoms with van der Waals surface area (Å²) in [6.07, 6.45) is -4.56. The van der Waals surface area contributed by atoms with E-state index in [1.165, 1.54) is 22.6 Å². The van der Waals surface area contributed by atoms with E-state index >= 15 is 0 Å². The first kappa shape index (κ1) is 12.9. The van der Waals surface area contributed by atoms with Gasteiger partial charge in [-0.1, -0.05) is 0 Å². The number of nitro benzene ring substituents is 1. The van der Waals surface area contributed by atoms with Crippen molar-refractivity contribution < 1.29 is 18.1 Å². The van der Waals surface area contributed by atoms with E-state index in [4.69, 9.17) is 0 Å². The predicted octanol–water partition coefficient (Wildman–Crippen LogP) is 3.82. The maximum Gasteiger partial charge on any atom is 0.417 e. The maximum absolute atomic E-state index is 12.4. The second kappa shape index (κ2) is 4.39. The van der Waals surface area contributed by atoms with Crippen LogP contribution in [0.3, 0.4) is 0 Å². The molecule has 1 aromatic carbocycles. The average Bonchev–Trinajstić information content (AvgIpc) is 2.00. The van der Waals surface area contributed by atoms with Gasteiger partial charge in [-0.15, -0.1) is 0 Å². The van der Waals surface area contributed by atoms with Crippen molar-refractivity contribution in [2.75, 3.05) is 0 Å². The predicted molar refractivity (Wildman–Crippen MR) is 63.5 cm³/mol. The summed E-state index contributed by atoms with van der Waals surface area (Å²) >= 11 is 3.14. The Hall–Kier alpha value is -0.130. The van der Waals surface area contributed by atoms with E-state index < -0.39 is 22.4 Å². The van der Waals surface area contributed by atoms with Crippen LogP contribution in [-0.2, 0) is 6.18 Å². The van der Waals surface area contributed by atoms with Crippen molar-refractivity contribution >= 4 is 50.9 Å². The van der Waals surface area contributed by atoms with E-state index in [-0.39, 0.29) is 7.14 Å². The largest absolute Gasteiger partial charge is 0.417 e. The van der Waals surface area contributed by atoms with Crippen LogP contribution in [0.15, 0.2) is 12.1 Å². The highest BCUT2D eigenvalue weighted by atomic mass is 127. The normalized spacial score (nSPS) is 11.5. The zero-order valence-corrected chi connectivity index (χ0v) is 11.1. The standard InChI is InChI=1S/C7H2F3I2NO2/c8-7(9,10)3-1-6(13(14)15)5(12)2-4(3)11/h1-2H. The Morgan fingerprint density at radius 1 is 1.20 bits per heavy atom. The zero-order valence-electron chi connectivity index (χ0n) is 6.81. The van der Waals surface area contributed by atoms with Crippen LogP contribution >= 0.6 is 45.2 Å². The van der Waals surface area contributed by atoms with E-state index in [2.05, 4.69) is 0 Å². The maximum atomic E-state index is 12.4. The lowest BCUT2D eigenvalue weighted by Crippen LogP contribution is -2.09. The third kappa shape index (κ3) is 2.92. The fourth-order valence-electron chi connectivity index (χ4n) is 0.895. The molecule has 1 rings (SSSR count). The Morgan fingerprint density at radius 3 is 2.13 bits per heavy atom. The van der Waals surface area contributed by atoms with Crippen LogP contribution in [0.2, 0.25) is 0 Å². The molecule has 0 heterocycles. The van der Waals surface area contributed by atoms with E-state index in [9.17, 15) is 23.3 Å². The molecular formula is C7H2F3I2NO2. The number of nitro groups is 1. The third-order valence-corrected chi connectivity index (χ3v) is 3.30. The summed E-state index contributed by atoms with van der Waals surface area (Å²) in [6.45, 7) is 0. The number of hydrogen-bond donors (Lipinski definition) is 0. The van der Waals surface area contributed by atoms with Gasteiger partial charge in [0.05, 0.1) is 14.1 Å². The van der Waals surface area contributed by atoms with Gasteiger partial charge in [0.15, 0.2) is 0 Å². The van der Waals surface area contributed by atoms with Gasteiger partial charge in [0, 0.05) is 9.64 Å². The van der Waals surface area contributed by atoms with Crippen molar-refractivity contribution in [3.8, 4) is 0 Å². The Labute approximate surface area is 109 Å². The van der Waals surface area contributed by atoms with Gasteiger partial charge >= 0.3 is 6.18 Å². The second-order valence-electron chi connectivity index (χ2n) is 2.54. The summed E-state index contributed by atoms with van der Waals surface area (Å²) in [6, 6.07) is 1.70. The Balaban J connectivity index is 3.43. The van der Waals surface area contributed by atoms with Crippen LogP contribution in [0.25, 0.3) is 0 Å². The number of nitrogens with zero attached hydrogens (tertiary/aromatic N) is 1. The van der Waals surface area contributed by atoms with Crippen LogP contribution in [0.1, 0.15) is 5.56 Å². The SMILES string of the molecule is O=[N+]([O-])c1cc(C(F)(F)F)c(I)cc1I. The molecule has 1 aromatic rings. The van der Waals surface area contributed by atoms with Gasteiger partial charge in [-0.25, -0.2) is 0 Å². The highest BCUT2D eigenvalue weighted by molar-refractivity contribution is 14.1. The highest BCUT2D eigenvalue weighted by Gasteiger charge is 2.35. The monoisotopic (exact) mass is 443 g/mol. The van der Waals surface area contributed by atoms with Crippen molar-refractivity contribution in [2.24, 2.45) is 0 Å². The first-order valence-corrected chi connectivity index (χ1v) is 5.60. The molecule has 0 unspecified atom stereocenters. The molecule has 0 saturated heterocycles. The molecule has 8 heteroatoms. The van der Waals surface area contributed by atoms with Crippen molar-refractivity contribution in [1.82, 2.24) is 0 Å². The van der Waals surface area contributed by atoms with Gasteiger partial charge in [0.2, 0.25) is 0 Å². The molecule has 82 valence electrons. The van der Waals surface area contributed by atoms with Crippen LogP contribution < -0.4 is 0 Å². The number of halogens is 5. The summed E-state index contributed by atoms with van der Waals surface area (Å²) in [4.78, 5) is 9.62. The minimum atomic E-state index is -4.56. The van der Waals surface area contributed by atoms with Crippen LogP contribution in [0, 0.1) is 17.3 Å². The third-order valence-electron chi connectivity index (χ3n) is 1.54. The lowest BCUT2D eigenvalue weighted by atomic mass is 10.2. The molecule has 0 bridgehead atoms. The summed E-state index contributed by atoms with van der Waals surface area (Å²) in [7, 11) is 0. The van der Waals surface area contributed by atoms with Gasteiger partial charge in [-0.2, -0.15) is 13.2 Å². The molecule has 0 amide bonds. The van der Waals surface area contributed by atoms with Gasteiger partial charge in [-0.05, 0) is 51.2 Å². The van der Waals surface area contributed by atoms with Crippen LogP contribution in [0.5, 0.6) is 0 Å². The van der Waals surface area contributed by atoms with Gasteiger partial charge in [-0.3, -0.25) is 10.1 Å². The second-order valence-corrected chi connectivity index (χ2v) is 4.86. The molecule has 0 fully saturated rings. The molecule has 0 aliphatic heterocycles. The number of benzene rings is 1. The first-order valence-electron chi connectivity index (χ1n) is 3.44. The highest BCUT2D eigenvalue weighted by Crippen LogP contribution is 2.36. The number of hydrogen-bond acceptors (Lipinski definition) is 2. The zero-order chi connectivity index (χ0) is 11.8. The van der Waals surface area contributed by atoms with E-state index in [1.807, 2.05) is 0 Å². The van der Waals surface area contributed by atoms with Gasteiger partial charge in [0.25, 0.3) is 5.69 Å². The molecule has 0 N–H and O–H groups in total. The average molecular weight is 443 g/mol. The molecule has 0 aromatic heterocycles. The summed E-state index contributed by atoms with van der Waals surface area (Å²) in [5, 5.41) is 10.4. The smallest absolute Gasteiger partial charge is 0.258 e. The van der Waals surface area contributed by atoms with E-state index in [0.29, 0.717) is 6.07 Å². The molecule has 0 spiro atoms. The quantitative estimate of drug-likeness (QED) is 0.377. The molecule has 15 heavy (non-hydrogen) atoms. The fraction of sp³-hybridized carbons (Fsp3) is 0.143. The summed E-state index contributed by atoms with van der Waals surface area (Å²) in [5.41, 5.74) is -1.50. The Morgan fingerprint density at radius 2 is 1.73 bits per heavy atom. The molecule has 0 aliphatic carbocycles. The molecule has 0 atom stereocenters. The Kier molecular flexibility index (Phi) is 3.79. The van der Waals surface area contributed by atoms with Crippen LogP contribution in [0.4, 0.5) is 18.9 Å². The van der Waals surface area contributed by atoms with E-state index in [1.54, 1.807) is 22.6 Å². The number of alkyl halides is 3. The van der Waals surface area contributed by atoms with Crippen molar-refractivity contribution in [3.63, 3.8) is 0 Å². The molecule has 0 saturated carbocycles. The summed E-state index contributed by atoms with van der Waals surface area (Å²) < 4.78 is 37.3. The van der Waals surface area contributed by atoms with Crippen LogP contribution in [-0.4, -0.2) is 4.92 Å². The molecule has 0 radical (unpaired) electrons. The number of rotatable bonds is 1. The minimum absolute atomic E-state index is 0.0462. The van der Waals surface area contributed by atoms with Gasteiger partial charge in [0.1, 0.15) is 0 Å². The molecular weight excluding hydrogens is 441 g/mol. The van der Waals surface area contributed by atoms with E-state index in [0.717, 1.165) is 6.07 Å². The van der Waals surface area contributed by atoms with Gasteiger partial charge < -0.3 is 0 Å². The molecule has 0 aliphatic rings.